The van der Waals surface area contributed by atoms with Crippen LogP contribution in [0.1, 0.15) is 29.3 Å². The van der Waals surface area contributed by atoms with Crippen LogP contribution in [0.25, 0.3) is 0 Å². The average Bonchev–Trinajstić information content (AvgIpc) is 2.75. The van der Waals surface area contributed by atoms with E-state index in [2.05, 4.69) is 4.98 Å². The summed E-state index contributed by atoms with van der Waals surface area (Å²) in [7, 11) is 4.47. The Kier molecular flexibility index (Phi) is 8.27. The van der Waals surface area contributed by atoms with Crippen LogP contribution in [0.15, 0.2) is 36.7 Å². The second-order valence-electron chi connectivity index (χ2n) is 6.06. The van der Waals surface area contributed by atoms with Gasteiger partial charge in [0.15, 0.2) is 11.5 Å². The van der Waals surface area contributed by atoms with Crippen molar-refractivity contribution in [2.24, 2.45) is 0 Å². The maximum Gasteiger partial charge on any atom is 0.307 e. The molecule has 156 valence electrons. The topological polar surface area (TPSA) is 87.2 Å². The van der Waals surface area contributed by atoms with Crippen LogP contribution in [-0.2, 0) is 16.1 Å². The normalized spacial score (nSPS) is 10.2. The van der Waals surface area contributed by atoms with E-state index in [9.17, 15) is 9.59 Å². The number of carbonyl (C=O) groups is 2. The fourth-order valence-corrected chi connectivity index (χ4v) is 2.81. The van der Waals surface area contributed by atoms with E-state index in [-0.39, 0.29) is 24.8 Å². The number of rotatable bonds is 10. The van der Waals surface area contributed by atoms with Gasteiger partial charge in [-0.3, -0.25) is 14.6 Å². The quantitative estimate of drug-likeness (QED) is 0.565. The van der Waals surface area contributed by atoms with Gasteiger partial charge in [0.2, 0.25) is 5.75 Å². The second-order valence-corrected chi connectivity index (χ2v) is 6.06. The second kappa shape index (κ2) is 10.9. The number of carbonyl (C=O) groups excluding carboxylic acids is 2. The lowest BCUT2D eigenvalue weighted by molar-refractivity contribution is -0.143. The lowest BCUT2D eigenvalue weighted by Gasteiger charge is -2.23. The van der Waals surface area contributed by atoms with Crippen LogP contribution in [0.5, 0.6) is 17.2 Å². The van der Waals surface area contributed by atoms with Gasteiger partial charge in [-0.15, -0.1) is 0 Å². The van der Waals surface area contributed by atoms with E-state index in [0.717, 1.165) is 5.56 Å². The van der Waals surface area contributed by atoms with Gasteiger partial charge in [0.05, 0.1) is 34.4 Å². The van der Waals surface area contributed by atoms with E-state index in [1.165, 1.54) is 21.3 Å². The first-order valence-electron chi connectivity index (χ1n) is 9.17. The zero-order chi connectivity index (χ0) is 21.2. The highest BCUT2D eigenvalue weighted by Crippen LogP contribution is 2.38. The van der Waals surface area contributed by atoms with Gasteiger partial charge in [-0.05, 0) is 30.7 Å². The van der Waals surface area contributed by atoms with Gasteiger partial charge >= 0.3 is 5.97 Å². The molecule has 0 bridgehead atoms. The lowest BCUT2D eigenvalue weighted by atomic mass is 10.1. The third-order valence-electron chi connectivity index (χ3n) is 4.19. The van der Waals surface area contributed by atoms with Gasteiger partial charge in [-0.1, -0.05) is 6.07 Å². The van der Waals surface area contributed by atoms with Crippen LogP contribution < -0.4 is 14.2 Å². The highest BCUT2D eigenvalue weighted by molar-refractivity contribution is 5.95. The Morgan fingerprint density at radius 3 is 2.28 bits per heavy atom. The third kappa shape index (κ3) is 5.84. The third-order valence-corrected chi connectivity index (χ3v) is 4.19. The SMILES string of the molecule is CCOC(=O)CCN(Cc1cccnc1)C(=O)c1cc(OC)c(OC)c(OC)c1. The summed E-state index contributed by atoms with van der Waals surface area (Å²) < 4.78 is 21.0. The first-order valence-corrected chi connectivity index (χ1v) is 9.17. The van der Waals surface area contributed by atoms with Gasteiger partial charge in [0.25, 0.3) is 5.91 Å². The first kappa shape index (κ1) is 22.0. The van der Waals surface area contributed by atoms with Crippen molar-refractivity contribution in [1.82, 2.24) is 9.88 Å². The Labute approximate surface area is 170 Å². The highest BCUT2D eigenvalue weighted by Gasteiger charge is 2.22. The summed E-state index contributed by atoms with van der Waals surface area (Å²) in [6, 6.07) is 6.84. The molecule has 0 saturated heterocycles. The molecular formula is C21H26N2O6. The highest BCUT2D eigenvalue weighted by atomic mass is 16.5. The number of nitrogens with zero attached hydrogens (tertiary/aromatic N) is 2. The van der Waals surface area contributed by atoms with Crippen LogP contribution in [0.4, 0.5) is 0 Å². The Morgan fingerprint density at radius 1 is 1.07 bits per heavy atom. The minimum atomic E-state index is -0.360. The Bertz CT molecular complexity index is 800. The summed E-state index contributed by atoms with van der Waals surface area (Å²) >= 11 is 0. The van der Waals surface area contributed by atoms with Crippen molar-refractivity contribution in [3.05, 3.63) is 47.8 Å². The number of hydrogen-bond acceptors (Lipinski definition) is 7. The minimum Gasteiger partial charge on any atom is -0.493 e. The molecule has 0 aliphatic carbocycles. The average molecular weight is 402 g/mol. The van der Waals surface area contributed by atoms with Gasteiger partial charge in [-0.2, -0.15) is 0 Å². The molecule has 1 heterocycles. The molecule has 29 heavy (non-hydrogen) atoms. The molecule has 2 rings (SSSR count). The summed E-state index contributed by atoms with van der Waals surface area (Å²) in [5.74, 6) is 0.513. The molecule has 0 aliphatic rings. The van der Waals surface area contributed by atoms with Gasteiger partial charge in [-0.25, -0.2) is 0 Å². The maximum atomic E-state index is 13.3. The largest absolute Gasteiger partial charge is 0.493 e. The number of benzene rings is 1. The molecule has 1 amide bonds. The van der Waals surface area contributed by atoms with E-state index >= 15 is 0 Å². The Hall–Kier alpha value is -3.29. The predicted octanol–water partition coefficient (Wildman–Crippen LogP) is 2.70. The fourth-order valence-electron chi connectivity index (χ4n) is 2.81. The van der Waals surface area contributed by atoms with E-state index < -0.39 is 0 Å². The molecule has 0 spiro atoms. The number of hydrogen-bond donors (Lipinski definition) is 0. The summed E-state index contributed by atoms with van der Waals surface area (Å²) in [5.41, 5.74) is 1.20. The lowest BCUT2D eigenvalue weighted by Crippen LogP contribution is -2.33. The Morgan fingerprint density at radius 2 is 1.76 bits per heavy atom. The number of methoxy groups -OCH3 is 3. The molecule has 0 unspecified atom stereocenters. The zero-order valence-corrected chi connectivity index (χ0v) is 17.1. The van der Waals surface area contributed by atoms with E-state index in [1.807, 2.05) is 6.07 Å². The van der Waals surface area contributed by atoms with Crippen LogP contribution >= 0.6 is 0 Å². The maximum absolute atomic E-state index is 13.3. The fraction of sp³-hybridized carbons (Fsp3) is 0.381. The van der Waals surface area contributed by atoms with Gasteiger partial charge < -0.3 is 23.8 Å². The first-order chi connectivity index (χ1) is 14.0. The van der Waals surface area contributed by atoms with E-state index in [0.29, 0.717) is 36.0 Å². The smallest absolute Gasteiger partial charge is 0.307 e. The molecule has 0 N–H and O–H groups in total. The van der Waals surface area contributed by atoms with Crippen molar-refractivity contribution in [3.8, 4) is 17.2 Å². The molecule has 0 atom stereocenters. The standard InChI is InChI=1S/C21H26N2O6/c1-5-29-19(24)8-10-23(14-15-7-6-9-22-13-15)21(25)16-11-17(26-2)20(28-4)18(12-16)27-3/h6-7,9,11-13H,5,8,10,14H2,1-4H3. The Balaban J connectivity index is 2.33. The monoisotopic (exact) mass is 402 g/mol. The predicted molar refractivity (Wildman–Crippen MR) is 106 cm³/mol. The molecule has 2 aromatic rings. The molecule has 0 radical (unpaired) electrons. The molecule has 1 aromatic carbocycles. The number of pyridine rings is 1. The van der Waals surface area contributed by atoms with Crippen molar-refractivity contribution in [3.63, 3.8) is 0 Å². The zero-order valence-electron chi connectivity index (χ0n) is 17.1. The number of esters is 1. The molecule has 1 aromatic heterocycles. The van der Waals surface area contributed by atoms with Crippen molar-refractivity contribution in [2.75, 3.05) is 34.5 Å². The van der Waals surface area contributed by atoms with Crippen molar-refractivity contribution < 1.29 is 28.5 Å². The summed E-state index contributed by atoms with van der Waals surface area (Å²) in [6.45, 7) is 2.53. The molecule has 8 nitrogen and oxygen atoms in total. The summed E-state index contributed by atoms with van der Waals surface area (Å²) in [6.07, 6.45) is 3.43. The van der Waals surface area contributed by atoms with Crippen molar-refractivity contribution >= 4 is 11.9 Å². The molecular weight excluding hydrogens is 376 g/mol. The number of ether oxygens (including phenoxy) is 4. The summed E-state index contributed by atoms with van der Waals surface area (Å²) in [5, 5.41) is 0. The number of amides is 1. The van der Waals surface area contributed by atoms with Gasteiger partial charge in [0, 0.05) is 31.0 Å². The van der Waals surface area contributed by atoms with E-state index in [4.69, 9.17) is 18.9 Å². The van der Waals surface area contributed by atoms with Crippen LogP contribution in [0.2, 0.25) is 0 Å². The van der Waals surface area contributed by atoms with Crippen LogP contribution in [-0.4, -0.2) is 56.2 Å². The van der Waals surface area contributed by atoms with Gasteiger partial charge in [0.1, 0.15) is 0 Å². The van der Waals surface area contributed by atoms with E-state index in [1.54, 1.807) is 42.4 Å². The van der Waals surface area contributed by atoms with Crippen molar-refractivity contribution in [1.29, 1.82) is 0 Å². The van der Waals surface area contributed by atoms with Crippen LogP contribution in [0, 0.1) is 0 Å². The molecule has 8 heteroatoms. The number of aromatic nitrogens is 1. The minimum absolute atomic E-state index is 0.0876. The van der Waals surface area contributed by atoms with Crippen molar-refractivity contribution in [2.45, 2.75) is 19.9 Å². The summed E-state index contributed by atoms with van der Waals surface area (Å²) in [4.78, 5) is 30.7. The molecule has 0 aliphatic heterocycles. The molecule has 0 fully saturated rings. The van der Waals surface area contributed by atoms with Crippen LogP contribution in [0.3, 0.4) is 0 Å². The molecule has 0 saturated carbocycles.